The Balaban J connectivity index is 1.60. The monoisotopic (exact) mass is 538 g/mol. The molecule has 0 aliphatic heterocycles. The number of fused-ring (bicyclic) bond motifs is 5. The summed E-state index contributed by atoms with van der Waals surface area (Å²) in [4.78, 5) is 40.7. The van der Waals surface area contributed by atoms with E-state index in [0.717, 1.165) is 32.1 Å². The molecule has 4 rings (SSSR count). The number of rotatable bonds is 5. The first-order valence-electron chi connectivity index (χ1n) is 14.0. The number of carbonyl (C=O) groups excluding carboxylic acids is 3. The molecular formula is C29H41F3N2O4. The maximum atomic E-state index is 13.8. The first-order chi connectivity index (χ1) is 17.8. The fourth-order valence-corrected chi connectivity index (χ4v) is 8.30. The molecule has 4 aliphatic rings. The summed E-state index contributed by atoms with van der Waals surface area (Å²) in [7, 11) is 1.40. The molecule has 38 heavy (non-hydrogen) atoms. The number of urea groups is 1. The molecule has 0 unspecified atom stereocenters. The van der Waals surface area contributed by atoms with Crippen LogP contribution < -0.4 is 0 Å². The van der Waals surface area contributed by atoms with E-state index in [4.69, 9.17) is 4.74 Å². The number of halogens is 3. The van der Waals surface area contributed by atoms with Crippen LogP contribution in [0, 0.1) is 34.5 Å². The maximum absolute atomic E-state index is 13.8. The minimum Gasteiger partial charge on any atom is -0.466 e. The number of ether oxygens (including phenoxy) is 1. The third kappa shape index (κ3) is 4.79. The molecule has 0 saturated heterocycles. The summed E-state index contributed by atoms with van der Waals surface area (Å²) in [5.74, 6) is -0.662. The van der Waals surface area contributed by atoms with Crippen LogP contribution in [0.3, 0.4) is 0 Å². The summed E-state index contributed by atoms with van der Waals surface area (Å²) in [6, 6.07) is -0.855. The average Bonchev–Trinajstić information content (AvgIpc) is 3.23. The standard InChI is InChI=1S/C29H41F3N2O4/c1-6-33(7-2)26(37)34(17-29(30,31)32)24(35)23-11-10-21-20-9-8-19-16-18(25(36)38-5)12-14-27(19,3)22(20)13-15-28(21,23)4/h8,16,20-23H,6-7,9-15,17H2,1-5H3/t20-,21-,22-,23+,27-,28-/m0/s1. The first kappa shape index (κ1) is 28.7. The van der Waals surface area contributed by atoms with Crippen molar-refractivity contribution in [2.45, 2.75) is 78.8 Å². The molecule has 3 amide bonds. The fourth-order valence-electron chi connectivity index (χ4n) is 8.30. The predicted molar refractivity (Wildman–Crippen MR) is 137 cm³/mol. The van der Waals surface area contributed by atoms with Crippen LogP contribution in [0.2, 0.25) is 0 Å². The van der Waals surface area contributed by atoms with E-state index in [1.807, 2.05) is 6.08 Å². The largest absolute Gasteiger partial charge is 0.466 e. The number of imide groups is 1. The molecule has 0 bridgehead atoms. The molecule has 4 aliphatic carbocycles. The third-order valence-electron chi connectivity index (χ3n) is 10.4. The molecule has 6 atom stereocenters. The second kappa shape index (κ2) is 10.3. The quantitative estimate of drug-likeness (QED) is 0.395. The van der Waals surface area contributed by atoms with Crippen molar-refractivity contribution in [1.29, 1.82) is 0 Å². The Kier molecular flexibility index (Phi) is 7.80. The zero-order valence-electron chi connectivity index (χ0n) is 23.2. The normalized spacial score (nSPS) is 34.2. The van der Waals surface area contributed by atoms with Crippen LogP contribution in [0.15, 0.2) is 23.3 Å². The van der Waals surface area contributed by atoms with Crippen LogP contribution in [-0.2, 0) is 14.3 Å². The van der Waals surface area contributed by atoms with Gasteiger partial charge in [0.15, 0.2) is 0 Å². The van der Waals surface area contributed by atoms with Crippen molar-refractivity contribution in [3.8, 4) is 0 Å². The van der Waals surface area contributed by atoms with Gasteiger partial charge in [-0.1, -0.05) is 19.9 Å². The van der Waals surface area contributed by atoms with Gasteiger partial charge in [0.25, 0.3) is 0 Å². The van der Waals surface area contributed by atoms with Crippen molar-refractivity contribution >= 4 is 17.9 Å². The Bertz CT molecular complexity index is 1030. The second-order valence-electron chi connectivity index (χ2n) is 12.0. The molecule has 2 saturated carbocycles. The zero-order valence-corrected chi connectivity index (χ0v) is 23.2. The molecule has 0 aromatic rings. The molecule has 2 fully saturated rings. The second-order valence-corrected chi connectivity index (χ2v) is 12.0. The Morgan fingerprint density at radius 3 is 2.34 bits per heavy atom. The highest BCUT2D eigenvalue weighted by atomic mass is 19.4. The van der Waals surface area contributed by atoms with E-state index in [1.165, 1.54) is 17.6 Å². The van der Waals surface area contributed by atoms with E-state index in [-0.39, 0.29) is 30.4 Å². The maximum Gasteiger partial charge on any atom is 0.406 e. The SMILES string of the molecule is CCN(CC)C(=O)N(CC(F)(F)F)C(=O)[C@H]1CC[C@H]2[C@@H]3CC=C4C=C(C(=O)OC)CC[C@]4(C)[C@H]3CC[C@]12C. The number of nitrogens with zero attached hydrogens (tertiary/aromatic N) is 2. The van der Waals surface area contributed by atoms with Gasteiger partial charge in [-0.25, -0.2) is 9.59 Å². The van der Waals surface area contributed by atoms with E-state index < -0.39 is 36.0 Å². The lowest BCUT2D eigenvalue weighted by molar-refractivity contribution is -0.162. The molecule has 0 aromatic heterocycles. The van der Waals surface area contributed by atoms with E-state index in [1.54, 1.807) is 13.8 Å². The number of esters is 1. The molecule has 6 nitrogen and oxygen atoms in total. The van der Waals surface area contributed by atoms with E-state index in [9.17, 15) is 27.6 Å². The van der Waals surface area contributed by atoms with Crippen molar-refractivity contribution in [3.63, 3.8) is 0 Å². The zero-order chi connectivity index (χ0) is 28.0. The van der Waals surface area contributed by atoms with Gasteiger partial charge in [0.2, 0.25) is 5.91 Å². The van der Waals surface area contributed by atoms with Crippen molar-refractivity contribution in [2.75, 3.05) is 26.7 Å². The van der Waals surface area contributed by atoms with Gasteiger partial charge in [-0.3, -0.25) is 9.69 Å². The minimum atomic E-state index is -4.66. The summed E-state index contributed by atoms with van der Waals surface area (Å²) in [6.45, 7) is 6.67. The van der Waals surface area contributed by atoms with Gasteiger partial charge in [-0.2, -0.15) is 13.2 Å². The van der Waals surface area contributed by atoms with Gasteiger partial charge in [-0.15, -0.1) is 0 Å². The van der Waals surface area contributed by atoms with Crippen LogP contribution >= 0.6 is 0 Å². The summed E-state index contributed by atoms with van der Waals surface area (Å²) in [6.07, 6.45) is 4.79. The van der Waals surface area contributed by atoms with E-state index >= 15 is 0 Å². The lowest BCUT2D eigenvalue weighted by Crippen LogP contribution is -2.55. The molecule has 0 N–H and O–H groups in total. The van der Waals surface area contributed by atoms with E-state index in [2.05, 4.69) is 19.9 Å². The highest BCUT2D eigenvalue weighted by Crippen LogP contribution is 2.66. The summed E-state index contributed by atoms with van der Waals surface area (Å²) < 4.78 is 45.5. The first-order valence-corrected chi connectivity index (χ1v) is 14.0. The summed E-state index contributed by atoms with van der Waals surface area (Å²) >= 11 is 0. The molecular weight excluding hydrogens is 497 g/mol. The minimum absolute atomic E-state index is 0.0785. The average molecular weight is 539 g/mol. The van der Waals surface area contributed by atoms with Crippen LogP contribution in [0.25, 0.3) is 0 Å². The summed E-state index contributed by atoms with van der Waals surface area (Å²) in [5.41, 5.74) is 1.35. The molecule has 9 heteroatoms. The van der Waals surface area contributed by atoms with Crippen LogP contribution in [0.5, 0.6) is 0 Å². The third-order valence-corrected chi connectivity index (χ3v) is 10.4. The van der Waals surface area contributed by atoms with Gasteiger partial charge < -0.3 is 9.64 Å². The summed E-state index contributed by atoms with van der Waals surface area (Å²) in [5, 5.41) is 0. The topological polar surface area (TPSA) is 66.9 Å². The molecule has 0 radical (unpaired) electrons. The van der Waals surface area contributed by atoms with Gasteiger partial charge in [0, 0.05) is 24.6 Å². The van der Waals surface area contributed by atoms with Gasteiger partial charge in [-0.05, 0) is 99.0 Å². The van der Waals surface area contributed by atoms with Crippen molar-refractivity contribution in [2.24, 2.45) is 34.5 Å². The number of amides is 3. The van der Waals surface area contributed by atoms with E-state index in [0.29, 0.717) is 35.2 Å². The van der Waals surface area contributed by atoms with Gasteiger partial charge in [0.05, 0.1) is 7.11 Å². The Hall–Kier alpha value is -2.32. The number of alkyl halides is 3. The predicted octanol–water partition coefficient (Wildman–Crippen LogP) is 6.13. The Morgan fingerprint density at radius 2 is 1.74 bits per heavy atom. The molecule has 0 aromatic carbocycles. The number of hydrogen-bond acceptors (Lipinski definition) is 4. The lowest BCUT2D eigenvalue weighted by Gasteiger charge is -2.57. The number of allylic oxidation sites excluding steroid dienone is 3. The van der Waals surface area contributed by atoms with Gasteiger partial charge in [0.1, 0.15) is 6.54 Å². The Morgan fingerprint density at radius 1 is 1.05 bits per heavy atom. The van der Waals surface area contributed by atoms with Crippen LogP contribution in [0.4, 0.5) is 18.0 Å². The highest BCUT2D eigenvalue weighted by Gasteiger charge is 2.60. The van der Waals surface area contributed by atoms with Crippen LogP contribution in [0.1, 0.15) is 72.6 Å². The molecule has 212 valence electrons. The highest BCUT2D eigenvalue weighted by molar-refractivity contribution is 5.96. The van der Waals surface area contributed by atoms with Crippen LogP contribution in [-0.4, -0.2) is 60.6 Å². The van der Waals surface area contributed by atoms with Crippen molar-refractivity contribution in [3.05, 3.63) is 23.3 Å². The molecule has 0 spiro atoms. The molecule has 0 heterocycles. The smallest absolute Gasteiger partial charge is 0.406 e. The van der Waals surface area contributed by atoms with Gasteiger partial charge >= 0.3 is 18.2 Å². The number of methoxy groups -OCH3 is 1. The lowest BCUT2D eigenvalue weighted by atomic mass is 9.48. The fraction of sp³-hybridized carbons (Fsp3) is 0.759. The Labute approximate surface area is 223 Å². The van der Waals surface area contributed by atoms with Crippen molar-refractivity contribution < 1.29 is 32.3 Å². The number of hydrogen-bond donors (Lipinski definition) is 0. The number of carbonyl (C=O) groups is 3. The van der Waals surface area contributed by atoms with Crippen molar-refractivity contribution in [1.82, 2.24) is 9.80 Å².